The summed E-state index contributed by atoms with van der Waals surface area (Å²) in [6.07, 6.45) is -6.50. The summed E-state index contributed by atoms with van der Waals surface area (Å²) >= 11 is 12.8. The molecule has 0 aliphatic carbocycles. The number of nitrogen functional groups attached to an aromatic ring is 1. The minimum absolute atomic E-state index is 0.0188. The highest BCUT2D eigenvalue weighted by molar-refractivity contribution is 6.34. The van der Waals surface area contributed by atoms with Crippen LogP contribution < -0.4 is 15.4 Å². The third kappa shape index (κ3) is 6.85. The van der Waals surface area contributed by atoms with Crippen LogP contribution in [0.15, 0.2) is 17.7 Å². The van der Waals surface area contributed by atoms with Gasteiger partial charge in [0.2, 0.25) is 0 Å². The van der Waals surface area contributed by atoms with Crippen molar-refractivity contribution in [3.8, 4) is 6.01 Å². The minimum atomic E-state index is -5.03. The Labute approximate surface area is 317 Å². The highest BCUT2D eigenvalue weighted by Crippen LogP contribution is 2.47. The molecule has 292 valence electrons. The molecule has 0 saturated carbocycles. The number of hydrogen-bond donors (Lipinski definition) is 1. The number of carbonyl (C=O) groups is 1. The molecule has 11 nitrogen and oxygen atoms in total. The van der Waals surface area contributed by atoms with Gasteiger partial charge in [0.05, 0.1) is 57.5 Å². The molecule has 19 heteroatoms. The Morgan fingerprint density at radius 2 is 1.89 bits per heavy atom. The Balaban J connectivity index is 1.28. The van der Waals surface area contributed by atoms with Crippen molar-refractivity contribution in [2.24, 2.45) is 0 Å². The van der Waals surface area contributed by atoms with Gasteiger partial charge in [-0.25, -0.2) is 4.39 Å². The molecule has 3 aromatic rings. The number of alkyl halides is 3. The van der Waals surface area contributed by atoms with Crippen molar-refractivity contribution in [3.63, 3.8) is 0 Å². The number of aryl methyl sites for hydroxylation is 1. The zero-order valence-electron chi connectivity index (χ0n) is 29.5. The third-order valence-corrected chi connectivity index (χ3v) is 11.5. The lowest BCUT2D eigenvalue weighted by Gasteiger charge is -2.33. The van der Waals surface area contributed by atoms with E-state index in [9.17, 15) is 26.7 Å². The highest BCUT2D eigenvalue weighted by Gasteiger charge is 2.49. The molecule has 0 bridgehead atoms. The second-order valence-corrected chi connectivity index (χ2v) is 14.8. The van der Waals surface area contributed by atoms with Crippen molar-refractivity contribution < 1.29 is 40.6 Å². The van der Waals surface area contributed by atoms with Crippen LogP contribution >= 0.6 is 23.2 Å². The molecule has 1 aromatic carbocycles. The maximum absolute atomic E-state index is 15.5. The molecule has 6 heterocycles. The molecular weight excluding hydrogens is 765 g/mol. The third-order valence-electron chi connectivity index (χ3n) is 10.8. The first-order chi connectivity index (χ1) is 25.7. The molecule has 4 aliphatic rings. The van der Waals surface area contributed by atoms with E-state index in [-0.39, 0.29) is 73.0 Å². The van der Waals surface area contributed by atoms with Crippen LogP contribution in [-0.4, -0.2) is 80.3 Å². The number of fused-ring (bicyclic) bond motifs is 3. The summed E-state index contributed by atoms with van der Waals surface area (Å²) < 4.78 is 99.7. The average molecular weight is 804 g/mol. The molecule has 4 aliphatic heterocycles. The Hall–Kier alpha value is -3.80. The monoisotopic (exact) mass is 802 g/mol. The Morgan fingerprint density at radius 3 is 2.59 bits per heavy atom. The number of benzene rings is 1. The Bertz CT molecular complexity index is 2000. The van der Waals surface area contributed by atoms with Crippen molar-refractivity contribution in [3.05, 3.63) is 67.4 Å². The maximum Gasteiger partial charge on any atom is 0.418 e. The number of nitrogens with zero attached hydrogens (tertiary/aromatic N) is 7. The summed E-state index contributed by atoms with van der Waals surface area (Å²) in [5, 5.41) is 3.97. The SMILES string of the molecule is CCN(CC)C(=O)c1nn2c(c1Cl)CN(c1nc(OC[C@@]34CCCN3CC(=C(F)F)C4)nc3c1CO[C@H](c1c(F)c(N)cc(Cl)c1C(F)(F)F)C3)CCC2. The molecule has 2 saturated heterocycles. The number of nitrogens with two attached hydrogens (primary N) is 1. The van der Waals surface area contributed by atoms with E-state index < -0.39 is 51.6 Å². The highest BCUT2D eigenvalue weighted by atomic mass is 35.5. The van der Waals surface area contributed by atoms with E-state index in [2.05, 4.69) is 10.1 Å². The summed E-state index contributed by atoms with van der Waals surface area (Å²) in [5.74, 6) is -1.28. The molecule has 0 unspecified atom stereocenters. The topological polar surface area (TPSA) is 115 Å². The zero-order valence-corrected chi connectivity index (χ0v) is 31.0. The van der Waals surface area contributed by atoms with Crippen LogP contribution in [0.25, 0.3) is 0 Å². The van der Waals surface area contributed by atoms with Gasteiger partial charge in [0.25, 0.3) is 12.0 Å². The van der Waals surface area contributed by atoms with Gasteiger partial charge in [0, 0.05) is 55.8 Å². The van der Waals surface area contributed by atoms with Crippen molar-refractivity contribution in [2.45, 2.75) is 83.5 Å². The van der Waals surface area contributed by atoms with Crippen molar-refractivity contribution >= 4 is 40.6 Å². The fraction of sp³-hybridized carbons (Fsp3) is 0.543. The van der Waals surface area contributed by atoms with E-state index in [4.69, 9.17) is 43.4 Å². The largest absolute Gasteiger partial charge is 0.461 e. The smallest absolute Gasteiger partial charge is 0.418 e. The summed E-state index contributed by atoms with van der Waals surface area (Å²) in [5.41, 5.74) is 3.61. The first kappa shape index (κ1) is 38.5. The number of aromatic nitrogens is 4. The number of rotatable bonds is 8. The Kier molecular flexibility index (Phi) is 10.5. The standard InChI is InChI=1S/C35H38Cl2F6N8O3/c1-3-48(4-2)32(52)29-27(37)23-15-49(8-6-10-51(23)47-29)31-19-16-53-24(25-26(35(41,42)43)20(36)11-21(44)28(25)38)12-22(19)45-33(46-31)54-17-34-7-5-9-50(34)14-18(13-34)30(39)40/h11,24H,3-10,12-17,44H2,1-2H3/t24-,34-/m0/s1. The molecule has 2 N–H and O–H groups in total. The van der Waals surface area contributed by atoms with Crippen molar-refractivity contribution in [2.75, 3.05) is 50.0 Å². The van der Waals surface area contributed by atoms with Crippen LogP contribution in [0, 0.1) is 5.82 Å². The lowest BCUT2D eigenvalue weighted by Crippen LogP contribution is -2.43. The molecule has 54 heavy (non-hydrogen) atoms. The van der Waals surface area contributed by atoms with Gasteiger partial charge in [-0.3, -0.25) is 14.4 Å². The molecule has 7 rings (SSSR count). The summed E-state index contributed by atoms with van der Waals surface area (Å²) in [4.78, 5) is 28.1. The first-order valence-corrected chi connectivity index (χ1v) is 18.5. The predicted molar refractivity (Wildman–Crippen MR) is 187 cm³/mol. The number of hydrogen-bond acceptors (Lipinski definition) is 9. The molecule has 2 atom stereocenters. The van der Waals surface area contributed by atoms with E-state index >= 15 is 4.39 Å². The van der Waals surface area contributed by atoms with E-state index in [1.54, 1.807) is 9.58 Å². The van der Waals surface area contributed by atoms with Gasteiger partial charge in [0.15, 0.2) is 11.5 Å². The normalized spacial score (nSPS) is 21.5. The molecule has 1 amide bonds. The molecule has 2 fully saturated rings. The van der Waals surface area contributed by atoms with E-state index in [0.717, 1.165) is 6.42 Å². The summed E-state index contributed by atoms with van der Waals surface area (Å²) in [6.45, 7) is 6.05. The average Bonchev–Trinajstić information content (AvgIpc) is 3.73. The molecule has 0 radical (unpaired) electrons. The van der Waals surface area contributed by atoms with Gasteiger partial charge >= 0.3 is 12.2 Å². The lowest BCUT2D eigenvalue weighted by atomic mass is 9.93. The fourth-order valence-electron chi connectivity index (χ4n) is 8.12. The maximum atomic E-state index is 15.5. The summed E-state index contributed by atoms with van der Waals surface area (Å²) in [7, 11) is 0. The van der Waals surface area contributed by atoms with Crippen LogP contribution in [0.3, 0.4) is 0 Å². The molecular formula is C35H38Cl2F6N8O3. The van der Waals surface area contributed by atoms with Gasteiger partial charge in [0.1, 0.15) is 12.4 Å². The van der Waals surface area contributed by atoms with Crippen molar-refractivity contribution in [1.29, 1.82) is 0 Å². The Morgan fingerprint density at radius 1 is 1.13 bits per heavy atom. The number of halogens is 8. The molecule has 0 spiro atoms. The van der Waals surface area contributed by atoms with Crippen LogP contribution in [-0.2, 0) is 37.0 Å². The predicted octanol–water partition coefficient (Wildman–Crippen LogP) is 7.19. The van der Waals surface area contributed by atoms with Gasteiger partial charge in [-0.1, -0.05) is 23.2 Å². The van der Waals surface area contributed by atoms with E-state index in [1.807, 2.05) is 23.6 Å². The van der Waals surface area contributed by atoms with Gasteiger partial charge in [-0.15, -0.1) is 0 Å². The lowest BCUT2D eigenvalue weighted by molar-refractivity contribution is -0.140. The van der Waals surface area contributed by atoms with Crippen molar-refractivity contribution in [1.82, 2.24) is 29.5 Å². The zero-order chi connectivity index (χ0) is 38.7. The quantitative estimate of drug-likeness (QED) is 0.187. The van der Waals surface area contributed by atoms with Crippen LogP contribution in [0.5, 0.6) is 6.01 Å². The molecule has 2 aromatic heterocycles. The van der Waals surface area contributed by atoms with E-state index in [1.165, 1.54) is 0 Å². The van der Waals surface area contributed by atoms with Gasteiger partial charge < -0.3 is 25.0 Å². The first-order valence-electron chi connectivity index (χ1n) is 17.7. The minimum Gasteiger partial charge on any atom is -0.461 e. The summed E-state index contributed by atoms with van der Waals surface area (Å²) in [6, 6.07) is 0.583. The van der Waals surface area contributed by atoms with Crippen LogP contribution in [0.4, 0.5) is 37.8 Å². The van der Waals surface area contributed by atoms with Gasteiger partial charge in [-0.2, -0.15) is 37.0 Å². The number of carbonyl (C=O) groups excluding carboxylic acids is 1. The van der Waals surface area contributed by atoms with Crippen LogP contribution in [0.1, 0.15) is 84.2 Å². The second kappa shape index (κ2) is 14.7. The second-order valence-electron chi connectivity index (χ2n) is 14.0. The van der Waals surface area contributed by atoms with E-state index in [0.29, 0.717) is 68.7 Å². The van der Waals surface area contributed by atoms with Gasteiger partial charge in [-0.05, 0) is 52.1 Å². The number of anilines is 2. The van der Waals surface area contributed by atoms with Crippen LogP contribution in [0.2, 0.25) is 10.0 Å². The number of ether oxygens (including phenoxy) is 2. The number of amides is 1. The fourth-order valence-corrected chi connectivity index (χ4v) is 8.73.